The van der Waals surface area contributed by atoms with E-state index in [-0.39, 0.29) is 0 Å². The predicted molar refractivity (Wildman–Crippen MR) is 83.9 cm³/mol. The van der Waals surface area contributed by atoms with Crippen LogP contribution in [0.4, 0.5) is 0 Å². The summed E-state index contributed by atoms with van der Waals surface area (Å²) in [5.41, 5.74) is 1.91. The first-order chi connectivity index (χ1) is 10.7. The zero-order valence-corrected chi connectivity index (χ0v) is 12.7. The summed E-state index contributed by atoms with van der Waals surface area (Å²) in [7, 11) is 3.20. The number of aryl methyl sites for hydroxylation is 1. The average molecular weight is 296 g/mol. The smallest absolute Gasteiger partial charge is 0.230 e. The highest BCUT2D eigenvalue weighted by molar-refractivity contribution is 5.86. The summed E-state index contributed by atoms with van der Waals surface area (Å²) in [6.45, 7) is 2.00. The molecule has 22 heavy (non-hydrogen) atoms. The van der Waals surface area contributed by atoms with Gasteiger partial charge in [0.05, 0.1) is 25.1 Å². The van der Waals surface area contributed by atoms with Gasteiger partial charge in [0.15, 0.2) is 0 Å². The Bertz CT molecular complexity index is 791. The maximum atomic E-state index is 5.95. The average Bonchev–Trinajstić information content (AvgIpc) is 2.54. The molecule has 0 amide bonds. The van der Waals surface area contributed by atoms with E-state index in [2.05, 4.69) is 9.97 Å². The second-order valence-electron chi connectivity index (χ2n) is 4.80. The van der Waals surface area contributed by atoms with Crippen LogP contribution in [0.25, 0.3) is 10.9 Å². The van der Waals surface area contributed by atoms with Gasteiger partial charge in [-0.1, -0.05) is 12.1 Å². The lowest BCUT2D eigenvalue weighted by atomic mass is 10.1. The van der Waals surface area contributed by atoms with Gasteiger partial charge in [-0.2, -0.15) is 0 Å². The van der Waals surface area contributed by atoms with Crippen LogP contribution in [0.15, 0.2) is 42.7 Å². The summed E-state index contributed by atoms with van der Waals surface area (Å²) in [5.74, 6) is 2.42. The van der Waals surface area contributed by atoms with Gasteiger partial charge in [-0.3, -0.25) is 0 Å². The van der Waals surface area contributed by atoms with Crippen LogP contribution < -0.4 is 14.2 Å². The monoisotopic (exact) mass is 296 g/mol. The molecule has 0 saturated carbocycles. The van der Waals surface area contributed by atoms with Crippen LogP contribution >= 0.6 is 0 Å². The SMILES string of the molecule is COc1cc(OC)cc(Oc2ncnc3cccc(C)c23)c1. The van der Waals surface area contributed by atoms with E-state index >= 15 is 0 Å². The van der Waals surface area contributed by atoms with E-state index in [1.807, 2.05) is 25.1 Å². The van der Waals surface area contributed by atoms with Gasteiger partial charge in [0.1, 0.15) is 23.6 Å². The lowest BCUT2D eigenvalue weighted by Gasteiger charge is -2.11. The van der Waals surface area contributed by atoms with Gasteiger partial charge >= 0.3 is 0 Å². The number of fused-ring (bicyclic) bond motifs is 1. The zero-order valence-electron chi connectivity index (χ0n) is 12.7. The second-order valence-corrected chi connectivity index (χ2v) is 4.80. The van der Waals surface area contributed by atoms with Crippen LogP contribution in [0.5, 0.6) is 23.1 Å². The lowest BCUT2D eigenvalue weighted by molar-refractivity contribution is 0.385. The molecule has 5 heteroatoms. The fourth-order valence-corrected chi connectivity index (χ4v) is 2.28. The Morgan fingerprint density at radius 1 is 0.864 bits per heavy atom. The molecular formula is C17H16N2O3. The van der Waals surface area contributed by atoms with Gasteiger partial charge in [0.2, 0.25) is 5.88 Å². The van der Waals surface area contributed by atoms with Crippen molar-refractivity contribution < 1.29 is 14.2 Å². The van der Waals surface area contributed by atoms with Crippen LogP contribution in [0.1, 0.15) is 5.56 Å². The van der Waals surface area contributed by atoms with Crippen molar-refractivity contribution in [3.05, 3.63) is 48.3 Å². The van der Waals surface area contributed by atoms with Crippen LogP contribution in [0.3, 0.4) is 0 Å². The number of nitrogens with zero attached hydrogens (tertiary/aromatic N) is 2. The highest BCUT2D eigenvalue weighted by Gasteiger charge is 2.10. The van der Waals surface area contributed by atoms with E-state index in [0.717, 1.165) is 16.5 Å². The first-order valence-corrected chi connectivity index (χ1v) is 6.82. The molecule has 0 unspecified atom stereocenters. The van der Waals surface area contributed by atoms with E-state index in [1.54, 1.807) is 32.4 Å². The maximum Gasteiger partial charge on any atom is 0.230 e. The first-order valence-electron chi connectivity index (χ1n) is 6.82. The summed E-state index contributed by atoms with van der Waals surface area (Å²) in [6.07, 6.45) is 1.49. The molecule has 5 nitrogen and oxygen atoms in total. The van der Waals surface area contributed by atoms with Gasteiger partial charge in [-0.05, 0) is 18.6 Å². The third kappa shape index (κ3) is 2.65. The molecule has 1 aromatic heterocycles. The topological polar surface area (TPSA) is 53.5 Å². The number of benzene rings is 2. The van der Waals surface area contributed by atoms with Crippen molar-refractivity contribution in [3.8, 4) is 23.1 Å². The van der Waals surface area contributed by atoms with Gasteiger partial charge in [-0.25, -0.2) is 9.97 Å². The third-order valence-corrected chi connectivity index (χ3v) is 3.38. The van der Waals surface area contributed by atoms with Crippen LogP contribution in [0.2, 0.25) is 0 Å². The molecule has 1 heterocycles. The quantitative estimate of drug-likeness (QED) is 0.734. The number of methoxy groups -OCH3 is 2. The van der Waals surface area contributed by atoms with E-state index in [9.17, 15) is 0 Å². The Morgan fingerprint density at radius 2 is 1.55 bits per heavy atom. The van der Waals surface area contributed by atoms with Crippen LogP contribution in [-0.2, 0) is 0 Å². The molecule has 0 bridgehead atoms. The number of rotatable bonds is 4. The molecular weight excluding hydrogens is 280 g/mol. The van der Waals surface area contributed by atoms with Crippen LogP contribution in [-0.4, -0.2) is 24.2 Å². The van der Waals surface area contributed by atoms with Gasteiger partial charge in [0.25, 0.3) is 0 Å². The van der Waals surface area contributed by atoms with Crippen molar-refractivity contribution in [1.82, 2.24) is 9.97 Å². The van der Waals surface area contributed by atoms with Crippen molar-refractivity contribution in [2.75, 3.05) is 14.2 Å². The fourth-order valence-electron chi connectivity index (χ4n) is 2.28. The summed E-state index contributed by atoms with van der Waals surface area (Å²) in [5, 5.41) is 0.895. The normalized spacial score (nSPS) is 10.5. The molecule has 0 spiro atoms. The van der Waals surface area contributed by atoms with E-state index in [1.165, 1.54) is 6.33 Å². The van der Waals surface area contributed by atoms with Gasteiger partial charge in [0, 0.05) is 18.2 Å². The van der Waals surface area contributed by atoms with Crippen molar-refractivity contribution in [2.24, 2.45) is 0 Å². The molecule has 2 aromatic carbocycles. The molecule has 0 aliphatic carbocycles. The van der Waals surface area contributed by atoms with E-state index in [0.29, 0.717) is 23.1 Å². The summed E-state index contributed by atoms with van der Waals surface area (Å²) in [6, 6.07) is 11.3. The molecule has 3 rings (SSSR count). The number of hydrogen-bond acceptors (Lipinski definition) is 5. The maximum absolute atomic E-state index is 5.95. The molecule has 3 aromatic rings. The molecule has 112 valence electrons. The molecule has 0 radical (unpaired) electrons. The minimum Gasteiger partial charge on any atom is -0.496 e. The lowest BCUT2D eigenvalue weighted by Crippen LogP contribution is -1.94. The Labute approximate surface area is 128 Å². The second kappa shape index (κ2) is 5.89. The number of hydrogen-bond donors (Lipinski definition) is 0. The summed E-state index contributed by atoms with van der Waals surface area (Å²) < 4.78 is 16.5. The highest BCUT2D eigenvalue weighted by Crippen LogP contribution is 2.33. The molecule has 0 fully saturated rings. The molecule has 0 atom stereocenters. The standard InChI is InChI=1S/C17H16N2O3/c1-11-5-4-6-15-16(11)17(19-10-18-15)22-14-8-12(20-2)7-13(9-14)21-3/h4-10H,1-3H3. The van der Waals surface area contributed by atoms with Gasteiger partial charge in [-0.15, -0.1) is 0 Å². The molecule has 0 aliphatic rings. The van der Waals surface area contributed by atoms with Crippen LogP contribution in [0, 0.1) is 6.92 Å². The van der Waals surface area contributed by atoms with Crippen molar-refractivity contribution in [3.63, 3.8) is 0 Å². The Morgan fingerprint density at radius 3 is 2.23 bits per heavy atom. The third-order valence-electron chi connectivity index (χ3n) is 3.38. The molecule has 0 N–H and O–H groups in total. The zero-order chi connectivity index (χ0) is 15.5. The summed E-state index contributed by atoms with van der Waals surface area (Å²) in [4.78, 5) is 8.53. The van der Waals surface area contributed by atoms with Crippen molar-refractivity contribution >= 4 is 10.9 Å². The Hall–Kier alpha value is -2.82. The fraction of sp³-hybridized carbons (Fsp3) is 0.176. The predicted octanol–water partition coefficient (Wildman–Crippen LogP) is 3.75. The minimum atomic E-state index is 0.512. The first kappa shape index (κ1) is 14.1. The largest absolute Gasteiger partial charge is 0.496 e. The van der Waals surface area contributed by atoms with Crippen molar-refractivity contribution in [1.29, 1.82) is 0 Å². The van der Waals surface area contributed by atoms with E-state index in [4.69, 9.17) is 14.2 Å². The van der Waals surface area contributed by atoms with Crippen molar-refractivity contribution in [2.45, 2.75) is 6.92 Å². The molecule has 0 aliphatic heterocycles. The van der Waals surface area contributed by atoms with E-state index < -0.39 is 0 Å². The minimum absolute atomic E-state index is 0.512. The highest BCUT2D eigenvalue weighted by atomic mass is 16.5. The Balaban J connectivity index is 2.07. The summed E-state index contributed by atoms with van der Waals surface area (Å²) >= 11 is 0. The molecule has 0 saturated heterocycles. The number of ether oxygens (including phenoxy) is 3. The Kier molecular flexibility index (Phi) is 3.78. The van der Waals surface area contributed by atoms with Gasteiger partial charge < -0.3 is 14.2 Å². The number of aromatic nitrogens is 2.